The normalized spacial score (nSPS) is 14.7. The highest BCUT2D eigenvalue weighted by molar-refractivity contribution is 7.93. The van der Waals surface area contributed by atoms with Crippen LogP contribution in [0.5, 0.6) is 0 Å². The van der Waals surface area contributed by atoms with Crippen LogP contribution < -0.4 is 4.72 Å². The van der Waals surface area contributed by atoms with Crippen molar-refractivity contribution in [1.29, 1.82) is 0 Å². The lowest BCUT2D eigenvalue weighted by Crippen LogP contribution is -2.13. The number of aromatic nitrogens is 1. The quantitative estimate of drug-likeness (QED) is 0.507. The summed E-state index contributed by atoms with van der Waals surface area (Å²) in [6, 6.07) is 3.88. The molecule has 0 fully saturated rings. The molecule has 0 saturated carbocycles. The SMILES string of the molecule is Cc1ccc(S(=O)(=O)Nc2nc3c(s2)CCCCC3)cc1[N+](=O)[O-]. The van der Waals surface area contributed by atoms with Crippen LogP contribution in [-0.2, 0) is 22.9 Å². The van der Waals surface area contributed by atoms with Crippen LogP contribution in [0.15, 0.2) is 23.1 Å². The third kappa shape index (κ3) is 3.41. The molecule has 24 heavy (non-hydrogen) atoms. The molecule has 1 aliphatic carbocycles. The van der Waals surface area contributed by atoms with E-state index in [2.05, 4.69) is 9.71 Å². The lowest BCUT2D eigenvalue weighted by molar-refractivity contribution is -0.385. The van der Waals surface area contributed by atoms with Crippen LogP contribution in [0.3, 0.4) is 0 Å². The molecule has 1 N–H and O–H groups in total. The van der Waals surface area contributed by atoms with Crippen molar-refractivity contribution in [2.45, 2.75) is 43.9 Å². The second-order valence-electron chi connectivity index (χ2n) is 5.76. The zero-order valence-electron chi connectivity index (χ0n) is 13.1. The molecular weight excluding hydrogens is 350 g/mol. The third-order valence-corrected chi connectivity index (χ3v) is 6.54. The van der Waals surface area contributed by atoms with Crippen LogP contribution in [0.4, 0.5) is 10.8 Å². The maximum Gasteiger partial charge on any atom is 0.273 e. The van der Waals surface area contributed by atoms with Crippen LogP contribution in [0.1, 0.15) is 35.4 Å². The van der Waals surface area contributed by atoms with Crippen molar-refractivity contribution in [3.05, 3.63) is 44.4 Å². The number of benzene rings is 1. The molecule has 0 saturated heterocycles. The molecule has 0 spiro atoms. The first-order chi connectivity index (χ1) is 11.4. The summed E-state index contributed by atoms with van der Waals surface area (Å²) in [7, 11) is -3.90. The summed E-state index contributed by atoms with van der Waals surface area (Å²) in [6.45, 7) is 1.57. The van der Waals surface area contributed by atoms with Gasteiger partial charge in [0, 0.05) is 16.5 Å². The van der Waals surface area contributed by atoms with Crippen molar-refractivity contribution < 1.29 is 13.3 Å². The highest BCUT2D eigenvalue weighted by atomic mass is 32.2. The average molecular weight is 367 g/mol. The molecule has 7 nitrogen and oxygen atoms in total. The molecule has 0 aliphatic heterocycles. The molecule has 2 aromatic rings. The standard InChI is InChI=1S/C15H17N3O4S2/c1-10-7-8-11(9-13(10)18(19)20)24(21,22)17-15-16-12-5-3-2-4-6-14(12)23-15/h7-9H,2-6H2,1H3,(H,16,17). The van der Waals surface area contributed by atoms with Crippen molar-refractivity contribution in [1.82, 2.24) is 4.98 Å². The Morgan fingerprint density at radius 3 is 2.75 bits per heavy atom. The molecule has 0 radical (unpaired) electrons. The van der Waals surface area contributed by atoms with Crippen LogP contribution in [0.2, 0.25) is 0 Å². The van der Waals surface area contributed by atoms with Gasteiger partial charge in [-0.15, -0.1) is 11.3 Å². The van der Waals surface area contributed by atoms with Crippen LogP contribution >= 0.6 is 11.3 Å². The Bertz CT molecular complexity index is 867. The van der Waals surface area contributed by atoms with Gasteiger partial charge in [-0.05, 0) is 38.7 Å². The van der Waals surface area contributed by atoms with E-state index in [-0.39, 0.29) is 10.6 Å². The number of hydrogen-bond acceptors (Lipinski definition) is 6. The molecule has 1 aromatic heterocycles. The monoisotopic (exact) mass is 367 g/mol. The van der Waals surface area contributed by atoms with E-state index in [1.165, 1.54) is 23.5 Å². The summed E-state index contributed by atoms with van der Waals surface area (Å²) < 4.78 is 27.5. The molecule has 0 bridgehead atoms. The Labute approximate surface area is 143 Å². The number of nitrogens with one attached hydrogen (secondary N) is 1. The van der Waals surface area contributed by atoms with E-state index in [0.717, 1.165) is 48.7 Å². The Morgan fingerprint density at radius 2 is 2.00 bits per heavy atom. The van der Waals surface area contributed by atoms with E-state index in [1.807, 2.05) is 0 Å². The summed E-state index contributed by atoms with van der Waals surface area (Å²) in [4.78, 5) is 15.8. The predicted octanol–water partition coefficient (Wildman–Crippen LogP) is 3.43. The fraction of sp³-hybridized carbons (Fsp3) is 0.400. The minimum atomic E-state index is -3.90. The average Bonchev–Trinajstić information content (AvgIpc) is 2.74. The fourth-order valence-corrected chi connectivity index (χ4v) is 5.00. The number of rotatable bonds is 4. The number of anilines is 1. The molecule has 0 atom stereocenters. The number of fused-ring (bicyclic) bond motifs is 1. The van der Waals surface area contributed by atoms with Crippen molar-refractivity contribution >= 4 is 32.2 Å². The van der Waals surface area contributed by atoms with Crippen molar-refractivity contribution in [2.75, 3.05) is 4.72 Å². The van der Waals surface area contributed by atoms with Gasteiger partial charge in [-0.3, -0.25) is 14.8 Å². The Hall–Kier alpha value is -2.00. The molecule has 0 unspecified atom stereocenters. The minimum Gasteiger partial charge on any atom is -0.258 e. The Kier molecular flexibility index (Phi) is 4.55. The first kappa shape index (κ1) is 16.8. The molecule has 1 aliphatic rings. The molecule has 9 heteroatoms. The summed E-state index contributed by atoms with van der Waals surface area (Å²) >= 11 is 1.35. The van der Waals surface area contributed by atoms with Gasteiger partial charge in [-0.2, -0.15) is 0 Å². The highest BCUT2D eigenvalue weighted by Gasteiger charge is 2.22. The molecule has 1 aromatic carbocycles. The third-order valence-electron chi connectivity index (χ3n) is 4.00. The van der Waals surface area contributed by atoms with Gasteiger partial charge >= 0.3 is 0 Å². The topological polar surface area (TPSA) is 102 Å². The first-order valence-electron chi connectivity index (χ1n) is 7.63. The number of nitro benzene ring substituents is 1. The van der Waals surface area contributed by atoms with E-state index in [9.17, 15) is 18.5 Å². The smallest absolute Gasteiger partial charge is 0.258 e. The predicted molar refractivity (Wildman–Crippen MR) is 92.0 cm³/mol. The van der Waals surface area contributed by atoms with Crippen molar-refractivity contribution in [3.8, 4) is 0 Å². The van der Waals surface area contributed by atoms with Crippen LogP contribution in [0, 0.1) is 17.0 Å². The Morgan fingerprint density at radius 1 is 1.25 bits per heavy atom. The van der Waals surface area contributed by atoms with Gasteiger partial charge in [0.2, 0.25) is 0 Å². The van der Waals surface area contributed by atoms with Crippen molar-refractivity contribution in [3.63, 3.8) is 0 Å². The molecule has 0 amide bonds. The summed E-state index contributed by atoms with van der Waals surface area (Å²) in [5.41, 5.74) is 1.16. The second-order valence-corrected chi connectivity index (χ2v) is 8.53. The van der Waals surface area contributed by atoms with Crippen molar-refractivity contribution in [2.24, 2.45) is 0 Å². The van der Waals surface area contributed by atoms with Gasteiger partial charge in [0.05, 0.1) is 15.5 Å². The first-order valence-corrected chi connectivity index (χ1v) is 9.93. The number of sulfonamides is 1. The van der Waals surface area contributed by atoms with E-state index < -0.39 is 14.9 Å². The number of hydrogen-bond donors (Lipinski definition) is 1. The summed E-state index contributed by atoms with van der Waals surface area (Å²) in [6.07, 6.45) is 5.10. The number of thiazole rings is 1. The largest absolute Gasteiger partial charge is 0.273 e. The second kappa shape index (κ2) is 6.48. The maximum atomic E-state index is 12.5. The van der Waals surface area contributed by atoms with Gasteiger partial charge in [-0.1, -0.05) is 12.5 Å². The van der Waals surface area contributed by atoms with Crippen LogP contribution in [-0.4, -0.2) is 18.3 Å². The minimum absolute atomic E-state index is 0.134. The van der Waals surface area contributed by atoms with Crippen LogP contribution in [0.25, 0.3) is 0 Å². The highest BCUT2D eigenvalue weighted by Crippen LogP contribution is 2.31. The van der Waals surface area contributed by atoms with E-state index in [4.69, 9.17) is 0 Å². The molecular formula is C15H17N3O4S2. The van der Waals surface area contributed by atoms with Gasteiger partial charge < -0.3 is 0 Å². The number of nitrogens with zero attached hydrogens (tertiary/aromatic N) is 2. The summed E-state index contributed by atoms with van der Waals surface area (Å²) in [5, 5.41) is 11.3. The lowest BCUT2D eigenvalue weighted by atomic mass is 10.2. The maximum absolute atomic E-state index is 12.5. The number of nitro groups is 1. The zero-order valence-corrected chi connectivity index (χ0v) is 14.7. The van der Waals surface area contributed by atoms with Gasteiger partial charge in [-0.25, -0.2) is 13.4 Å². The zero-order chi connectivity index (χ0) is 17.3. The molecule has 3 rings (SSSR count). The van der Waals surface area contributed by atoms with E-state index in [0.29, 0.717) is 10.7 Å². The van der Waals surface area contributed by atoms with E-state index >= 15 is 0 Å². The lowest BCUT2D eigenvalue weighted by Gasteiger charge is -2.06. The van der Waals surface area contributed by atoms with E-state index in [1.54, 1.807) is 6.92 Å². The molecule has 1 heterocycles. The van der Waals surface area contributed by atoms with Gasteiger partial charge in [0.25, 0.3) is 15.7 Å². The number of aryl methyl sites for hydroxylation is 3. The Balaban J connectivity index is 1.89. The van der Waals surface area contributed by atoms with Gasteiger partial charge in [0.15, 0.2) is 5.13 Å². The fourth-order valence-electron chi connectivity index (χ4n) is 2.70. The van der Waals surface area contributed by atoms with Gasteiger partial charge in [0.1, 0.15) is 0 Å². The summed E-state index contributed by atoms with van der Waals surface area (Å²) in [5.74, 6) is 0. The molecule has 128 valence electrons.